The fraction of sp³-hybridized carbons (Fsp3) is 0.345. The van der Waals surface area contributed by atoms with Gasteiger partial charge in [-0.1, -0.05) is 31.5 Å². The standard InChI is InChI=1S/C29H26F7NO4/c1-13(2)21-11-22(24(38)25(39)23(21)30)20-6-5-18(28(31,32)33)10-17(20)12-37-15(4)26(41-27(37)40)16-7-14(3)8-19(9-16)29(34,35)36/h5-11,13,15,26,38-39H,12H2,1-4H3/t15-,26-/m0/s1. The highest BCUT2D eigenvalue weighted by Crippen LogP contribution is 2.45. The predicted molar refractivity (Wildman–Crippen MR) is 135 cm³/mol. The maximum absolute atomic E-state index is 14.6. The lowest BCUT2D eigenvalue weighted by Gasteiger charge is -2.24. The molecule has 12 heteroatoms. The van der Waals surface area contributed by atoms with Crippen LogP contribution < -0.4 is 0 Å². The molecule has 0 spiro atoms. The molecule has 0 saturated carbocycles. The quantitative estimate of drug-likeness (QED) is 0.233. The zero-order valence-corrected chi connectivity index (χ0v) is 22.3. The molecular formula is C29H26F7NO4. The zero-order chi connectivity index (χ0) is 30.6. The molecule has 1 aliphatic heterocycles. The van der Waals surface area contributed by atoms with Gasteiger partial charge in [0.15, 0.2) is 17.3 Å². The van der Waals surface area contributed by atoms with Crippen molar-refractivity contribution >= 4 is 6.09 Å². The molecular weight excluding hydrogens is 559 g/mol. The number of amides is 1. The number of ether oxygens (including phenoxy) is 1. The average Bonchev–Trinajstić information content (AvgIpc) is 3.14. The number of nitrogens with zero attached hydrogens (tertiary/aromatic N) is 1. The predicted octanol–water partition coefficient (Wildman–Crippen LogP) is 8.46. The Bertz CT molecular complexity index is 1500. The SMILES string of the molecule is Cc1cc([C@H]2OC(=O)N(Cc3cc(C(F)(F)F)ccc3-c3cc(C(C)C)c(F)c(O)c3O)[C@H]2C)cc(C(F)(F)F)c1. The van der Waals surface area contributed by atoms with Crippen molar-refractivity contribution in [2.45, 2.75) is 64.7 Å². The van der Waals surface area contributed by atoms with Crippen LogP contribution in [0.15, 0.2) is 42.5 Å². The van der Waals surface area contributed by atoms with Crippen LogP contribution in [0.2, 0.25) is 0 Å². The summed E-state index contributed by atoms with van der Waals surface area (Å²) in [4.78, 5) is 14.0. The molecule has 0 aliphatic carbocycles. The smallest absolute Gasteiger partial charge is 0.416 e. The summed E-state index contributed by atoms with van der Waals surface area (Å²) in [5.41, 5.74) is -2.00. The van der Waals surface area contributed by atoms with Crippen molar-refractivity contribution in [3.8, 4) is 22.6 Å². The molecule has 0 bridgehead atoms. The Morgan fingerprint density at radius 1 is 0.902 bits per heavy atom. The van der Waals surface area contributed by atoms with Gasteiger partial charge in [0.05, 0.1) is 23.7 Å². The Hall–Kier alpha value is -3.96. The summed E-state index contributed by atoms with van der Waals surface area (Å²) in [5.74, 6) is -3.53. The minimum atomic E-state index is -4.78. The molecule has 3 aromatic rings. The van der Waals surface area contributed by atoms with Crippen molar-refractivity contribution in [3.63, 3.8) is 0 Å². The van der Waals surface area contributed by atoms with E-state index in [0.29, 0.717) is 0 Å². The third-order valence-corrected chi connectivity index (χ3v) is 7.07. The molecule has 4 rings (SSSR count). The van der Waals surface area contributed by atoms with E-state index in [1.807, 2.05) is 0 Å². The highest BCUT2D eigenvalue weighted by Gasteiger charge is 2.42. The number of rotatable bonds is 5. The first-order chi connectivity index (χ1) is 18.9. The molecule has 5 nitrogen and oxygen atoms in total. The van der Waals surface area contributed by atoms with Crippen molar-refractivity contribution in [2.75, 3.05) is 0 Å². The van der Waals surface area contributed by atoms with Gasteiger partial charge < -0.3 is 14.9 Å². The topological polar surface area (TPSA) is 70.0 Å². The summed E-state index contributed by atoms with van der Waals surface area (Å²) in [5, 5.41) is 20.8. The van der Waals surface area contributed by atoms with E-state index in [1.165, 1.54) is 26.0 Å². The molecule has 2 N–H and O–H groups in total. The molecule has 3 aromatic carbocycles. The maximum Gasteiger partial charge on any atom is 0.416 e. The van der Waals surface area contributed by atoms with Crippen LogP contribution in [-0.2, 0) is 23.6 Å². The largest absolute Gasteiger partial charge is 0.504 e. The second-order valence-corrected chi connectivity index (χ2v) is 10.4. The van der Waals surface area contributed by atoms with E-state index in [0.717, 1.165) is 35.2 Å². The first kappa shape index (κ1) is 30.0. The van der Waals surface area contributed by atoms with E-state index >= 15 is 0 Å². The first-order valence-corrected chi connectivity index (χ1v) is 12.5. The average molecular weight is 586 g/mol. The Balaban J connectivity index is 1.80. The molecule has 1 heterocycles. The van der Waals surface area contributed by atoms with E-state index in [4.69, 9.17) is 4.74 Å². The zero-order valence-electron chi connectivity index (χ0n) is 22.3. The Kier molecular flexibility index (Phi) is 7.66. The normalized spacial score (nSPS) is 17.9. The molecule has 2 atom stereocenters. The van der Waals surface area contributed by atoms with E-state index in [-0.39, 0.29) is 33.4 Å². The van der Waals surface area contributed by atoms with Crippen molar-refractivity contribution in [2.24, 2.45) is 0 Å². The number of benzene rings is 3. The number of carbonyl (C=O) groups excluding carboxylic acids is 1. The lowest BCUT2D eigenvalue weighted by molar-refractivity contribution is -0.138. The fourth-order valence-electron chi connectivity index (χ4n) is 4.93. The molecule has 1 fully saturated rings. The van der Waals surface area contributed by atoms with Crippen LogP contribution in [-0.4, -0.2) is 27.2 Å². The number of halogens is 7. The van der Waals surface area contributed by atoms with E-state index in [1.54, 1.807) is 13.8 Å². The lowest BCUT2D eigenvalue weighted by Crippen LogP contribution is -2.31. The molecule has 1 amide bonds. The summed E-state index contributed by atoms with van der Waals surface area (Å²) in [6, 6.07) is 6.06. The minimum absolute atomic E-state index is 0.00456. The maximum atomic E-state index is 14.6. The molecule has 220 valence electrons. The molecule has 0 unspecified atom stereocenters. The van der Waals surface area contributed by atoms with E-state index in [9.17, 15) is 45.7 Å². The molecule has 1 saturated heterocycles. The Morgan fingerprint density at radius 3 is 2.12 bits per heavy atom. The molecule has 41 heavy (non-hydrogen) atoms. The number of hydrogen-bond donors (Lipinski definition) is 2. The summed E-state index contributed by atoms with van der Waals surface area (Å²) < 4.78 is 101. The van der Waals surface area contributed by atoms with Gasteiger partial charge in [0.25, 0.3) is 0 Å². The van der Waals surface area contributed by atoms with Crippen LogP contribution in [0, 0.1) is 12.7 Å². The highest BCUT2D eigenvalue weighted by atomic mass is 19.4. The summed E-state index contributed by atoms with van der Waals surface area (Å²) in [6.07, 6.45) is -11.6. The number of aryl methyl sites for hydroxylation is 1. The number of hydrogen-bond acceptors (Lipinski definition) is 4. The van der Waals surface area contributed by atoms with Gasteiger partial charge in [-0.25, -0.2) is 9.18 Å². The van der Waals surface area contributed by atoms with Crippen molar-refractivity contribution in [3.05, 3.63) is 81.7 Å². The van der Waals surface area contributed by atoms with Gasteiger partial charge in [-0.05, 0) is 72.4 Å². The van der Waals surface area contributed by atoms with Crippen molar-refractivity contribution in [1.82, 2.24) is 4.90 Å². The number of carbonyl (C=O) groups is 1. The van der Waals surface area contributed by atoms with Crippen LogP contribution in [0.5, 0.6) is 11.5 Å². The van der Waals surface area contributed by atoms with Gasteiger partial charge in [0.2, 0.25) is 0 Å². The first-order valence-electron chi connectivity index (χ1n) is 12.5. The van der Waals surface area contributed by atoms with Crippen LogP contribution >= 0.6 is 0 Å². The van der Waals surface area contributed by atoms with Gasteiger partial charge in [-0.3, -0.25) is 4.90 Å². The number of alkyl halides is 6. The van der Waals surface area contributed by atoms with Gasteiger partial charge in [-0.2, -0.15) is 26.3 Å². The summed E-state index contributed by atoms with van der Waals surface area (Å²) in [7, 11) is 0. The Morgan fingerprint density at radius 2 is 1.54 bits per heavy atom. The number of cyclic esters (lactones) is 1. The summed E-state index contributed by atoms with van der Waals surface area (Å²) >= 11 is 0. The third kappa shape index (κ3) is 5.77. The number of phenols is 2. The van der Waals surface area contributed by atoms with Crippen molar-refractivity contribution < 1.29 is 50.5 Å². The third-order valence-electron chi connectivity index (χ3n) is 7.07. The van der Waals surface area contributed by atoms with Crippen LogP contribution in [0.3, 0.4) is 0 Å². The molecule has 0 radical (unpaired) electrons. The Labute approximate surface area is 230 Å². The van der Waals surface area contributed by atoms with Crippen LogP contribution in [0.4, 0.5) is 35.5 Å². The highest BCUT2D eigenvalue weighted by molar-refractivity contribution is 5.78. The number of phenolic OH excluding ortho intramolecular Hbond substituents is 2. The van der Waals surface area contributed by atoms with Gasteiger partial charge in [0, 0.05) is 5.56 Å². The van der Waals surface area contributed by atoms with E-state index in [2.05, 4.69) is 0 Å². The molecule has 0 aromatic heterocycles. The molecule has 1 aliphatic rings. The second kappa shape index (κ2) is 10.5. The van der Waals surface area contributed by atoms with Crippen LogP contribution in [0.1, 0.15) is 66.2 Å². The van der Waals surface area contributed by atoms with Gasteiger partial charge in [0.1, 0.15) is 6.10 Å². The van der Waals surface area contributed by atoms with E-state index < -0.39 is 71.5 Å². The summed E-state index contributed by atoms with van der Waals surface area (Å²) in [6.45, 7) is 5.66. The van der Waals surface area contributed by atoms with Gasteiger partial charge >= 0.3 is 18.4 Å². The monoisotopic (exact) mass is 585 g/mol. The lowest BCUT2D eigenvalue weighted by atomic mass is 9.91. The van der Waals surface area contributed by atoms with Gasteiger partial charge in [-0.15, -0.1) is 0 Å². The second-order valence-electron chi connectivity index (χ2n) is 10.4. The fourth-order valence-corrected chi connectivity index (χ4v) is 4.93. The van der Waals surface area contributed by atoms with Crippen molar-refractivity contribution in [1.29, 1.82) is 0 Å². The van der Waals surface area contributed by atoms with Crippen LogP contribution in [0.25, 0.3) is 11.1 Å². The number of aromatic hydroxyl groups is 2. The minimum Gasteiger partial charge on any atom is -0.504 e.